The maximum absolute atomic E-state index is 12.8. The quantitative estimate of drug-likeness (QED) is 0.625. The van der Waals surface area contributed by atoms with E-state index in [2.05, 4.69) is 10.3 Å². The Kier molecular flexibility index (Phi) is 5.43. The number of anilines is 1. The lowest BCUT2D eigenvalue weighted by Crippen LogP contribution is -2.40. The maximum Gasteiger partial charge on any atom is 0.433 e. The summed E-state index contributed by atoms with van der Waals surface area (Å²) in [7, 11) is 0. The normalized spacial score (nSPS) is 13.3. The number of nitrogens with one attached hydrogen (secondary N) is 2. The van der Waals surface area contributed by atoms with E-state index >= 15 is 0 Å². The van der Waals surface area contributed by atoms with Gasteiger partial charge in [0.2, 0.25) is 6.23 Å². The number of alkyl halides is 3. The first-order valence-electron chi connectivity index (χ1n) is 6.09. The largest absolute Gasteiger partial charge is 0.461 e. The van der Waals surface area contributed by atoms with Crippen molar-refractivity contribution >= 4 is 11.7 Å². The molecule has 0 aromatic carbocycles. The van der Waals surface area contributed by atoms with Crippen LogP contribution in [0.4, 0.5) is 18.9 Å². The Morgan fingerprint density at radius 3 is 2.60 bits per heavy atom. The Labute approximate surface area is 114 Å². The van der Waals surface area contributed by atoms with E-state index < -0.39 is 24.5 Å². The first kappa shape index (κ1) is 16.4. The van der Waals surface area contributed by atoms with Crippen LogP contribution >= 0.6 is 0 Å². The van der Waals surface area contributed by atoms with E-state index in [1.165, 1.54) is 26.1 Å². The summed E-state index contributed by atoms with van der Waals surface area (Å²) in [6.07, 6.45) is -6.09. The van der Waals surface area contributed by atoms with Crippen LogP contribution in [0.2, 0.25) is 0 Å². The van der Waals surface area contributed by atoms with Gasteiger partial charge in [-0.3, -0.25) is 0 Å². The van der Waals surface area contributed by atoms with Gasteiger partial charge in [0.25, 0.3) is 0 Å². The Hall–Kier alpha value is -1.70. The van der Waals surface area contributed by atoms with Gasteiger partial charge < -0.3 is 19.8 Å². The molecule has 0 fully saturated rings. The van der Waals surface area contributed by atoms with Crippen molar-refractivity contribution < 1.29 is 27.4 Å². The summed E-state index contributed by atoms with van der Waals surface area (Å²) >= 11 is 0. The predicted octanol–water partition coefficient (Wildman–Crippen LogP) is 2.92. The van der Waals surface area contributed by atoms with E-state index in [4.69, 9.17) is 9.47 Å². The molecule has 114 valence electrons. The molecule has 0 saturated heterocycles. The molecule has 1 aromatic heterocycles. The fraction of sp³-hybridized carbons (Fsp3) is 0.583. The van der Waals surface area contributed by atoms with E-state index in [0.717, 1.165) is 0 Å². The van der Waals surface area contributed by atoms with Crippen molar-refractivity contribution in [1.82, 2.24) is 4.98 Å². The predicted molar refractivity (Wildman–Crippen MR) is 66.4 cm³/mol. The molecule has 0 radical (unpaired) electrons. The number of carbonyl (C=O) groups excluding carboxylic acids is 1. The van der Waals surface area contributed by atoms with Crippen LogP contribution in [0.15, 0.2) is 12.3 Å². The van der Waals surface area contributed by atoms with E-state index in [0.29, 0.717) is 0 Å². The fourth-order valence-corrected chi connectivity index (χ4v) is 1.47. The summed E-state index contributed by atoms with van der Waals surface area (Å²) in [5.74, 6) is -0.731. The molecule has 1 rings (SSSR count). The molecule has 20 heavy (non-hydrogen) atoms. The van der Waals surface area contributed by atoms with E-state index in [1.807, 2.05) is 0 Å². The van der Waals surface area contributed by atoms with E-state index in [9.17, 15) is 18.0 Å². The lowest BCUT2D eigenvalue weighted by Gasteiger charge is -2.24. The van der Waals surface area contributed by atoms with E-state index in [1.54, 1.807) is 6.92 Å². The van der Waals surface area contributed by atoms with Crippen molar-refractivity contribution in [3.05, 3.63) is 18.0 Å². The molecule has 0 aliphatic carbocycles. The number of hydrogen-bond acceptors (Lipinski definition) is 4. The average Bonchev–Trinajstić information content (AvgIpc) is 2.75. The van der Waals surface area contributed by atoms with Crippen LogP contribution < -0.4 is 5.32 Å². The molecule has 0 bridgehead atoms. The number of aromatic nitrogens is 1. The smallest absolute Gasteiger partial charge is 0.433 e. The summed E-state index contributed by atoms with van der Waals surface area (Å²) in [5.41, 5.74) is -0.0973. The van der Waals surface area contributed by atoms with Gasteiger partial charge in [-0.2, -0.15) is 13.2 Å². The van der Waals surface area contributed by atoms with Gasteiger partial charge in [-0.25, -0.2) is 4.79 Å². The number of esters is 1. The minimum atomic E-state index is -4.60. The molecule has 8 heteroatoms. The SMILES string of the molecule is CCOC(=O)c1[nH]ccc1NC(OC(C)C)C(F)(F)F. The number of halogens is 3. The molecular formula is C12H17F3N2O3. The molecule has 0 aliphatic rings. The van der Waals surface area contributed by atoms with Crippen LogP contribution in [0.1, 0.15) is 31.3 Å². The zero-order valence-electron chi connectivity index (χ0n) is 11.4. The highest BCUT2D eigenvalue weighted by Crippen LogP contribution is 2.27. The van der Waals surface area contributed by atoms with Crippen molar-refractivity contribution in [2.45, 2.75) is 39.3 Å². The van der Waals surface area contributed by atoms with Crippen molar-refractivity contribution in [2.75, 3.05) is 11.9 Å². The van der Waals surface area contributed by atoms with Crippen molar-refractivity contribution in [2.24, 2.45) is 0 Å². The molecular weight excluding hydrogens is 277 g/mol. The van der Waals surface area contributed by atoms with Gasteiger partial charge in [-0.15, -0.1) is 0 Å². The number of carbonyl (C=O) groups is 1. The number of hydrogen-bond donors (Lipinski definition) is 2. The number of H-pyrrole nitrogens is 1. The van der Waals surface area contributed by atoms with Gasteiger partial charge in [0.1, 0.15) is 5.69 Å². The first-order valence-corrected chi connectivity index (χ1v) is 6.09. The van der Waals surface area contributed by atoms with Crippen LogP contribution in [0.25, 0.3) is 0 Å². The van der Waals surface area contributed by atoms with E-state index in [-0.39, 0.29) is 18.0 Å². The standard InChI is InChI=1S/C12H17F3N2O3/c1-4-19-10(18)9-8(5-6-16-9)17-11(12(13,14)15)20-7(2)3/h5-7,11,16-17H,4H2,1-3H3. The highest BCUT2D eigenvalue weighted by atomic mass is 19.4. The monoisotopic (exact) mass is 294 g/mol. The molecule has 1 heterocycles. The topological polar surface area (TPSA) is 63.4 Å². The Balaban J connectivity index is 2.89. The molecule has 1 aromatic rings. The highest BCUT2D eigenvalue weighted by Gasteiger charge is 2.42. The molecule has 0 aliphatic heterocycles. The second kappa shape index (κ2) is 6.65. The molecule has 0 saturated carbocycles. The molecule has 5 nitrogen and oxygen atoms in total. The number of ether oxygens (including phenoxy) is 2. The van der Waals surface area contributed by atoms with Gasteiger partial charge >= 0.3 is 12.1 Å². The summed E-state index contributed by atoms with van der Waals surface area (Å²) in [6, 6.07) is 1.31. The Morgan fingerprint density at radius 1 is 1.45 bits per heavy atom. The van der Waals surface area contributed by atoms with Gasteiger partial charge in [0.15, 0.2) is 0 Å². The maximum atomic E-state index is 12.8. The van der Waals surface area contributed by atoms with Crippen molar-refractivity contribution in [3.8, 4) is 0 Å². The molecule has 1 unspecified atom stereocenters. The summed E-state index contributed by atoms with van der Waals surface area (Å²) in [4.78, 5) is 14.1. The molecule has 2 N–H and O–H groups in total. The van der Waals surface area contributed by atoms with Crippen LogP contribution in [-0.4, -0.2) is 36.1 Å². The highest BCUT2D eigenvalue weighted by molar-refractivity contribution is 5.93. The van der Waals surface area contributed by atoms with Crippen LogP contribution in [0.5, 0.6) is 0 Å². The minimum absolute atomic E-state index is 0.0218. The average molecular weight is 294 g/mol. The first-order chi connectivity index (χ1) is 9.25. The fourth-order valence-electron chi connectivity index (χ4n) is 1.47. The van der Waals surface area contributed by atoms with Gasteiger partial charge in [0.05, 0.1) is 18.4 Å². The zero-order valence-corrected chi connectivity index (χ0v) is 11.4. The van der Waals surface area contributed by atoms with Crippen molar-refractivity contribution in [3.63, 3.8) is 0 Å². The molecule has 0 spiro atoms. The van der Waals surface area contributed by atoms with Crippen LogP contribution in [-0.2, 0) is 9.47 Å². The second-order valence-corrected chi connectivity index (χ2v) is 4.24. The van der Waals surface area contributed by atoms with Crippen molar-refractivity contribution in [1.29, 1.82) is 0 Å². The Morgan fingerprint density at radius 2 is 2.10 bits per heavy atom. The van der Waals surface area contributed by atoms with Gasteiger partial charge in [-0.1, -0.05) is 0 Å². The molecule has 1 atom stereocenters. The lowest BCUT2D eigenvalue weighted by molar-refractivity contribution is -0.219. The lowest BCUT2D eigenvalue weighted by atomic mass is 10.3. The molecule has 0 amide bonds. The summed E-state index contributed by atoms with van der Waals surface area (Å²) in [5, 5.41) is 2.16. The minimum Gasteiger partial charge on any atom is -0.461 e. The zero-order chi connectivity index (χ0) is 15.3. The van der Waals surface area contributed by atoms with Gasteiger partial charge in [0, 0.05) is 6.20 Å². The van der Waals surface area contributed by atoms with Crippen LogP contribution in [0, 0.1) is 0 Å². The Bertz CT molecular complexity index is 443. The third-order valence-electron chi connectivity index (χ3n) is 2.22. The third-order valence-corrected chi connectivity index (χ3v) is 2.22. The van der Waals surface area contributed by atoms with Crippen LogP contribution in [0.3, 0.4) is 0 Å². The number of rotatable bonds is 6. The van der Waals surface area contributed by atoms with Gasteiger partial charge in [-0.05, 0) is 26.8 Å². The third kappa shape index (κ3) is 4.44. The second-order valence-electron chi connectivity index (χ2n) is 4.24. The number of aromatic amines is 1. The summed E-state index contributed by atoms with van der Waals surface area (Å²) in [6.45, 7) is 4.71. The summed E-state index contributed by atoms with van der Waals surface area (Å²) < 4.78 is 48.0.